The first-order valence-corrected chi connectivity index (χ1v) is 5.56. The molecule has 1 saturated heterocycles. The molecule has 0 amide bonds. The largest absolute Gasteiger partial charge is 0.465 e. The van der Waals surface area contributed by atoms with Crippen LogP contribution in [0.5, 0.6) is 0 Å². The molecule has 0 bridgehead atoms. The molecular weight excluding hydrogens is 208 g/mol. The SMILES string of the molecule is C=CC(=O)OC1(C)CC2CCOC(=O)C2C1. The molecule has 0 spiro atoms. The first kappa shape index (κ1) is 11.2. The van der Waals surface area contributed by atoms with Gasteiger partial charge in [0.25, 0.3) is 0 Å². The van der Waals surface area contributed by atoms with Gasteiger partial charge in [0.05, 0.1) is 12.5 Å². The second-order valence-electron chi connectivity index (χ2n) is 4.81. The number of cyclic esters (lactones) is 1. The van der Waals surface area contributed by atoms with E-state index in [1.807, 2.05) is 6.92 Å². The molecule has 1 saturated carbocycles. The minimum Gasteiger partial charge on any atom is -0.465 e. The lowest BCUT2D eigenvalue weighted by Crippen LogP contribution is -2.29. The highest BCUT2D eigenvalue weighted by atomic mass is 16.6. The molecular formula is C12H16O4. The Balaban J connectivity index is 2.07. The summed E-state index contributed by atoms with van der Waals surface area (Å²) in [6.07, 6.45) is 3.34. The molecule has 16 heavy (non-hydrogen) atoms. The van der Waals surface area contributed by atoms with Gasteiger partial charge in [0, 0.05) is 12.5 Å². The van der Waals surface area contributed by atoms with Crippen molar-refractivity contribution in [3.8, 4) is 0 Å². The summed E-state index contributed by atoms with van der Waals surface area (Å²) >= 11 is 0. The molecule has 4 nitrogen and oxygen atoms in total. The summed E-state index contributed by atoms with van der Waals surface area (Å²) < 4.78 is 10.3. The molecule has 0 N–H and O–H groups in total. The molecule has 0 aromatic rings. The van der Waals surface area contributed by atoms with E-state index in [1.54, 1.807) is 0 Å². The van der Waals surface area contributed by atoms with Gasteiger partial charge >= 0.3 is 11.9 Å². The maximum absolute atomic E-state index is 11.5. The van der Waals surface area contributed by atoms with Crippen LogP contribution in [0.4, 0.5) is 0 Å². The Kier molecular flexibility index (Phi) is 2.74. The zero-order valence-corrected chi connectivity index (χ0v) is 9.40. The van der Waals surface area contributed by atoms with Crippen LogP contribution >= 0.6 is 0 Å². The summed E-state index contributed by atoms with van der Waals surface area (Å²) in [6.45, 7) is 5.74. The quantitative estimate of drug-likeness (QED) is 0.526. The molecule has 1 heterocycles. The maximum atomic E-state index is 11.5. The van der Waals surface area contributed by atoms with Gasteiger partial charge in [0.2, 0.25) is 0 Å². The lowest BCUT2D eigenvalue weighted by Gasteiger charge is -2.23. The number of esters is 2. The van der Waals surface area contributed by atoms with Crippen molar-refractivity contribution in [3.05, 3.63) is 12.7 Å². The summed E-state index contributed by atoms with van der Waals surface area (Å²) in [5.74, 6) is -0.371. The number of ether oxygens (including phenoxy) is 2. The van der Waals surface area contributed by atoms with Crippen LogP contribution in [-0.2, 0) is 19.1 Å². The molecule has 0 aromatic carbocycles. The van der Waals surface area contributed by atoms with Crippen LogP contribution in [0.1, 0.15) is 26.2 Å². The van der Waals surface area contributed by atoms with E-state index >= 15 is 0 Å². The van der Waals surface area contributed by atoms with Crippen molar-refractivity contribution in [2.45, 2.75) is 31.8 Å². The van der Waals surface area contributed by atoms with E-state index < -0.39 is 11.6 Å². The second-order valence-corrected chi connectivity index (χ2v) is 4.81. The minimum atomic E-state index is -0.538. The predicted molar refractivity (Wildman–Crippen MR) is 56.5 cm³/mol. The summed E-state index contributed by atoms with van der Waals surface area (Å²) in [7, 11) is 0. The molecule has 0 radical (unpaired) electrons. The highest BCUT2D eigenvalue weighted by molar-refractivity contribution is 5.81. The summed E-state index contributed by atoms with van der Waals surface area (Å²) in [5.41, 5.74) is -0.538. The molecule has 3 unspecified atom stereocenters. The van der Waals surface area contributed by atoms with Gasteiger partial charge in [-0.3, -0.25) is 4.79 Å². The maximum Gasteiger partial charge on any atom is 0.330 e. The summed E-state index contributed by atoms with van der Waals surface area (Å²) in [5, 5.41) is 0. The molecule has 4 heteroatoms. The fourth-order valence-corrected chi connectivity index (χ4v) is 2.78. The van der Waals surface area contributed by atoms with E-state index in [1.165, 1.54) is 0 Å². The van der Waals surface area contributed by atoms with Gasteiger partial charge in [-0.15, -0.1) is 0 Å². The van der Waals surface area contributed by atoms with Gasteiger partial charge in [0.15, 0.2) is 0 Å². The van der Waals surface area contributed by atoms with Crippen LogP contribution in [0.3, 0.4) is 0 Å². The molecule has 1 aliphatic heterocycles. The Morgan fingerprint density at radius 1 is 1.62 bits per heavy atom. The van der Waals surface area contributed by atoms with Crippen LogP contribution in [-0.4, -0.2) is 24.1 Å². The molecule has 2 aliphatic rings. The lowest BCUT2D eigenvalue weighted by atomic mass is 9.91. The third-order valence-corrected chi connectivity index (χ3v) is 3.46. The number of rotatable bonds is 2. The topological polar surface area (TPSA) is 52.6 Å². The van der Waals surface area contributed by atoms with E-state index in [0.717, 1.165) is 18.9 Å². The number of carbonyl (C=O) groups is 2. The summed E-state index contributed by atoms with van der Waals surface area (Å²) in [6, 6.07) is 0. The van der Waals surface area contributed by atoms with E-state index in [-0.39, 0.29) is 11.9 Å². The zero-order valence-electron chi connectivity index (χ0n) is 9.40. The van der Waals surface area contributed by atoms with E-state index in [9.17, 15) is 9.59 Å². The van der Waals surface area contributed by atoms with Crippen LogP contribution in [0.25, 0.3) is 0 Å². The zero-order chi connectivity index (χ0) is 11.8. The van der Waals surface area contributed by atoms with Gasteiger partial charge in [-0.2, -0.15) is 0 Å². The van der Waals surface area contributed by atoms with Crippen molar-refractivity contribution in [2.24, 2.45) is 11.8 Å². The van der Waals surface area contributed by atoms with E-state index in [0.29, 0.717) is 18.9 Å². The summed E-state index contributed by atoms with van der Waals surface area (Å²) in [4.78, 5) is 22.7. The first-order chi connectivity index (χ1) is 7.54. The van der Waals surface area contributed by atoms with E-state index in [4.69, 9.17) is 9.47 Å². The molecule has 0 aromatic heterocycles. The Morgan fingerprint density at radius 2 is 2.38 bits per heavy atom. The second kappa shape index (κ2) is 3.92. The first-order valence-electron chi connectivity index (χ1n) is 5.56. The fourth-order valence-electron chi connectivity index (χ4n) is 2.78. The molecule has 3 atom stereocenters. The Hall–Kier alpha value is -1.32. The van der Waals surface area contributed by atoms with Gasteiger partial charge in [-0.05, 0) is 25.7 Å². The van der Waals surface area contributed by atoms with Crippen LogP contribution in [0.2, 0.25) is 0 Å². The highest BCUT2D eigenvalue weighted by Gasteiger charge is 2.49. The van der Waals surface area contributed by atoms with Crippen molar-refractivity contribution < 1.29 is 19.1 Å². The van der Waals surface area contributed by atoms with Crippen molar-refractivity contribution in [1.29, 1.82) is 0 Å². The Bertz CT molecular complexity index is 336. The van der Waals surface area contributed by atoms with Crippen molar-refractivity contribution in [3.63, 3.8) is 0 Å². The average Bonchev–Trinajstić information content (AvgIpc) is 2.56. The Morgan fingerprint density at radius 3 is 3.00 bits per heavy atom. The third kappa shape index (κ3) is 1.96. The van der Waals surface area contributed by atoms with Crippen molar-refractivity contribution >= 4 is 11.9 Å². The average molecular weight is 224 g/mol. The molecule has 2 fully saturated rings. The van der Waals surface area contributed by atoms with Gasteiger partial charge in [-0.1, -0.05) is 6.58 Å². The standard InChI is InChI=1S/C12H16O4/c1-3-10(13)16-12(2)6-8-4-5-15-11(14)9(8)7-12/h3,8-9H,1,4-7H2,2H3. The van der Waals surface area contributed by atoms with Crippen LogP contribution < -0.4 is 0 Å². The smallest absolute Gasteiger partial charge is 0.330 e. The monoisotopic (exact) mass is 224 g/mol. The highest BCUT2D eigenvalue weighted by Crippen LogP contribution is 2.45. The number of carbonyl (C=O) groups excluding carboxylic acids is 2. The normalized spacial score (nSPS) is 37.4. The van der Waals surface area contributed by atoms with Crippen LogP contribution in [0, 0.1) is 11.8 Å². The lowest BCUT2D eigenvalue weighted by molar-refractivity contribution is -0.157. The molecule has 88 valence electrons. The number of hydrogen-bond donors (Lipinski definition) is 0. The fraction of sp³-hybridized carbons (Fsp3) is 0.667. The van der Waals surface area contributed by atoms with E-state index in [2.05, 4.69) is 6.58 Å². The molecule has 1 aliphatic carbocycles. The van der Waals surface area contributed by atoms with Gasteiger partial charge < -0.3 is 9.47 Å². The predicted octanol–water partition coefficient (Wildman–Crippen LogP) is 1.45. The molecule has 2 rings (SSSR count). The minimum absolute atomic E-state index is 0.101. The van der Waals surface area contributed by atoms with Crippen LogP contribution in [0.15, 0.2) is 12.7 Å². The van der Waals surface area contributed by atoms with Gasteiger partial charge in [0.1, 0.15) is 5.60 Å². The van der Waals surface area contributed by atoms with Crippen molar-refractivity contribution in [1.82, 2.24) is 0 Å². The van der Waals surface area contributed by atoms with Crippen molar-refractivity contribution in [2.75, 3.05) is 6.61 Å². The Labute approximate surface area is 94.6 Å². The van der Waals surface area contributed by atoms with Gasteiger partial charge in [-0.25, -0.2) is 4.79 Å². The number of hydrogen-bond acceptors (Lipinski definition) is 4. The third-order valence-electron chi connectivity index (χ3n) is 3.46. The number of fused-ring (bicyclic) bond motifs is 1.